The van der Waals surface area contributed by atoms with Crippen LogP contribution in [-0.4, -0.2) is 32.7 Å². The van der Waals surface area contributed by atoms with Gasteiger partial charge in [-0.05, 0) is 25.7 Å². The van der Waals surface area contributed by atoms with E-state index < -0.39 is 0 Å². The van der Waals surface area contributed by atoms with Gasteiger partial charge >= 0.3 is 0 Å². The van der Waals surface area contributed by atoms with Crippen LogP contribution in [0.3, 0.4) is 0 Å². The molecule has 2 aromatic rings. The van der Waals surface area contributed by atoms with Crippen LogP contribution in [0.4, 0.5) is 5.95 Å². The van der Waals surface area contributed by atoms with Gasteiger partial charge in [-0.2, -0.15) is 0 Å². The average Bonchev–Trinajstić information content (AvgIpc) is 3.03. The fraction of sp³-hybridized carbons (Fsp3) is 0.533. The van der Waals surface area contributed by atoms with Crippen molar-refractivity contribution >= 4 is 17.5 Å². The van der Waals surface area contributed by atoms with Crippen molar-refractivity contribution in [3.8, 4) is 0 Å². The number of halogens is 1. The molecule has 6 nitrogen and oxygen atoms in total. The van der Waals surface area contributed by atoms with Crippen LogP contribution in [0.15, 0.2) is 24.8 Å². The quantitative estimate of drug-likeness (QED) is 0.917. The number of rotatable bonds is 5. The molecule has 0 aliphatic carbocycles. The fourth-order valence-corrected chi connectivity index (χ4v) is 2.93. The highest BCUT2D eigenvalue weighted by Crippen LogP contribution is 2.31. The Morgan fingerprint density at radius 3 is 2.73 bits per heavy atom. The minimum absolute atomic E-state index is 0.0695. The third kappa shape index (κ3) is 3.39. The summed E-state index contributed by atoms with van der Waals surface area (Å²) in [4.78, 5) is 13.1. The Bertz CT molecular complexity index is 594. The van der Waals surface area contributed by atoms with Crippen molar-refractivity contribution < 1.29 is 4.74 Å². The number of imidazole rings is 1. The van der Waals surface area contributed by atoms with Gasteiger partial charge in [0.15, 0.2) is 0 Å². The van der Waals surface area contributed by atoms with E-state index in [4.69, 9.17) is 16.3 Å². The minimum Gasteiger partial charge on any atom is -0.381 e. The SMILES string of the molecule is CCn1ccnc1[C@H](Nc1ncc(Cl)cn1)C1CCOCC1. The van der Waals surface area contributed by atoms with Crippen molar-refractivity contribution in [3.05, 3.63) is 35.6 Å². The Morgan fingerprint density at radius 2 is 2.05 bits per heavy atom. The molecule has 1 N–H and O–H groups in total. The van der Waals surface area contributed by atoms with Gasteiger partial charge in [0, 0.05) is 32.2 Å². The first-order chi connectivity index (χ1) is 10.8. The molecule has 3 heterocycles. The average molecular weight is 322 g/mol. The van der Waals surface area contributed by atoms with Crippen LogP contribution in [0.2, 0.25) is 5.02 Å². The zero-order valence-corrected chi connectivity index (χ0v) is 13.3. The molecule has 1 aliphatic rings. The molecule has 22 heavy (non-hydrogen) atoms. The van der Waals surface area contributed by atoms with Crippen molar-refractivity contribution in [2.75, 3.05) is 18.5 Å². The van der Waals surface area contributed by atoms with Crippen LogP contribution in [0.5, 0.6) is 0 Å². The third-order valence-electron chi connectivity index (χ3n) is 4.01. The summed E-state index contributed by atoms with van der Waals surface area (Å²) in [6.45, 7) is 4.58. The van der Waals surface area contributed by atoms with Gasteiger partial charge in [-0.15, -0.1) is 0 Å². The maximum absolute atomic E-state index is 5.86. The second-order valence-corrected chi connectivity index (χ2v) is 5.80. The number of hydrogen-bond donors (Lipinski definition) is 1. The molecular weight excluding hydrogens is 302 g/mol. The summed E-state index contributed by atoms with van der Waals surface area (Å²) in [5, 5.41) is 3.96. The Morgan fingerprint density at radius 1 is 1.32 bits per heavy atom. The zero-order valence-electron chi connectivity index (χ0n) is 12.6. The van der Waals surface area contributed by atoms with Crippen molar-refractivity contribution in [1.29, 1.82) is 0 Å². The topological polar surface area (TPSA) is 64.9 Å². The third-order valence-corrected chi connectivity index (χ3v) is 4.20. The highest BCUT2D eigenvalue weighted by Gasteiger charge is 2.29. The standard InChI is InChI=1S/C15H20ClN5O/c1-2-21-6-5-17-14(21)13(11-3-7-22-8-4-11)20-15-18-9-12(16)10-19-15/h5-6,9-11,13H,2-4,7-8H2,1H3,(H,18,19,20)/t13-/m1/s1. The highest BCUT2D eigenvalue weighted by molar-refractivity contribution is 6.30. The van der Waals surface area contributed by atoms with Gasteiger partial charge in [0.2, 0.25) is 5.95 Å². The zero-order chi connectivity index (χ0) is 15.4. The first kappa shape index (κ1) is 15.2. The smallest absolute Gasteiger partial charge is 0.223 e. The predicted molar refractivity (Wildman–Crippen MR) is 84.8 cm³/mol. The summed E-state index contributed by atoms with van der Waals surface area (Å²) >= 11 is 5.86. The van der Waals surface area contributed by atoms with E-state index in [-0.39, 0.29) is 6.04 Å². The second-order valence-electron chi connectivity index (χ2n) is 5.37. The molecule has 0 spiro atoms. The number of anilines is 1. The monoisotopic (exact) mass is 321 g/mol. The summed E-state index contributed by atoms with van der Waals surface area (Å²) in [5.41, 5.74) is 0. The Balaban J connectivity index is 1.86. The van der Waals surface area contributed by atoms with Crippen molar-refractivity contribution in [2.45, 2.75) is 32.4 Å². The molecule has 1 fully saturated rings. The van der Waals surface area contributed by atoms with E-state index >= 15 is 0 Å². The molecule has 118 valence electrons. The molecule has 0 bridgehead atoms. The maximum atomic E-state index is 5.86. The lowest BCUT2D eigenvalue weighted by atomic mass is 9.91. The van der Waals surface area contributed by atoms with Crippen LogP contribution < -0.4 is 5.32 Å². The predicted octanol–water partition coefficient (Wildman–Crippen LogP) is 2.93. The molecular formula is C15H20ClN5O. The van der Waals surface area contributed by atoms with Crippen LogP contribution in [0, 0.1) is 5.92 Å². The van der Waals surface area contributed by atoms with Crippen molar-refractivity contribution in [3.63, 3.8) is 0 Å². The maximum Gasteiger partial charge on any atom is 0.223 e. The Hall–Kier alpha value is -1.66. The minimum atomic E-state index is 0.0695. The number of hydrogen-bond acceptors (Lipinski definition) is 5. The summed E-state index contributed by atoms with van der Waals surface area (Å²) < 4.78 is 7.64. The lowest BCUT2D eigenvalue weighted by Gasteiger charge is -2.30. The molecule has 0 amide bonds. The molecule has 1 atom stereocenters. The summed E-state index contributed by atoms with van der Waals surface area (Å²) in [7, 11) is 0. The van der Waals surface area contributed by atoms with Gasteiger partial charge in [-0.1, -0.05) is 11.6 Å². The van der Waals surface area contributed by atoms with Gasteiger partial charge in [0.05, 0.1) is 23.5 Å². The Labute approximate surface area is 134 Å². The van der Waals surface area contributed by atoms with E-state index in [9.17, 15) is 0 Å². The molecule has 0 unspecified atom stereocenters. The van der Waals surface area contributed by atoms with E-state index in [1.165, 1.54) is 0 Å². The molecule has 0 saturated carbocycles. The Kier molecular flexibility index (Phi) is 4.90. The van der Waals surface area contributed by atoms with Crippen LogP contribution in [0.1, 0.15) is 31.6 Å². The van der Waals surface area contributed by atoms with E-state index in [1.54, 1.807) is 12.4 Å². The number of ether oxygens (including phenoxy) is 1. The number of aryl methyl sites for hydroxylation is 1. The number of aromatic nitrogens is 4. The first-order valence-electron chi connectivity index (χ1n) is 7.60. The fourth-order valence-electron chi connectivity index (χ4n) is 2.84. The van der Waals surface area contributed by atoms with Gasteiger partial charge in [-0.25, -0.2) is 15.0 Å². The summed E-state index contributed by atoms with van der Waals surface area (Å²) in [6.07, 6.45) is 9.06. The molecule has 3 rings (SSSR count). The van der Waals surface area contributed by atoms with Crippen LogP contribution in [0.25, 0.3) is 0 Å². The van der Waals surface area contributed by atoms with Crippen LogP contribution in [-0.2, 0) is 11.3 Å². The molecule has 0 aromatic carbocycles. The number of nitrogens with zero attached hydrogens (tertiary/aromatic N) is 4. The van der Waals surface area contributed by atoms with Gasteiger partial charge in [-0.3, -0.25) is 0 Å². The lowest BCUT2D eigenvalue weighted by Crippen LogP contribution is -2.29. The van der Waals surface area contributed by atoms with Gasteiger partial charge < -0.3 is 14.6 Å². The second kappa shape index (κ2) is 7.07. The van der Waals surface area contributed by atoms with Crippen LogP contribution >= 0.6 is 11.6 Å². The van der Waals surface area contributed by atoms with E-state index in [1.807, 2.05) is 12.4 Å². The largest absolute Gasteiger partial charge is 0.381 e. The lowest BCUT2D eigenvalue weighted by molar-refractivity contribution is 0.0593. The normalized spacial score (nSPS) is 17.4. The van der Waals surface area contributed by atoms with Crippen molar-refractivity contribution in [2.24, 2.45) is 5.92 Å². The highest BCUT2D eigenvalue weighted by atomic mass is 35.5. The van der Waals surface area contributed by atoms with Gasteiger partial charge in [0.25, 0.3) is 0 Å². The van der Waals surface area contributed by atoms with E-state index in [0.717, 1.165) is 38.4 Å². The summed E-state index contributed by atoms with van der Waals surface area (Å²) in [6, 6.07) is 0.0695. The molecule has 1 saturated heterocycles. The number of nitrogens with one attached hydrogen (secondary N) is 1. The van der Waals surface area contributed by atoms with Gasteiger partial charge in [0.1, 0.15) is 5.82 Å². The molecule has 7 heteroatoms. The molecule has 0 radical (unpaired) electrons. The van der Waals surface area contributed by atoms with Crippen molar-refractivity contribution in [1.82, 2.24) is 19.5 Å². The molecule has 2 aromatic heterocycles. The molecule has 1 aliphatic heterocycles. The van der Waals surface area contributed by atoms with E-state index in [2.05, 4.69) is 31.8 Å². The van der Waals surface area contributed by atoms with E-state index in [0.29, 0.717) is 16.9 Å². The first-order valence-corrected chi connectivity index (χ1v) is 7.98. The summed E-state index contributed by atoms with van der Waals surface area (Å²) in [5.74, 6) is 2.04.